The van der Waals surface area contributed by atoms with Crippen molar-refractivity contribution in [3.63, 3.8) is 0 Å². The summed E-state index contributed by atoms with van der Waals surface area (Å²) < 4.78 is 16.2. The molecule has 3 rings (SSSR count). The number of carbonyl (C=O) groups is 1. The summed E-state index contributed by atoms with van der Waals surface area (Å²) in [5.74, 6) is 0.441. The number of ether oxygens (including phenoxy) is 3. The maximum Gasteiger partial charge on any atom is 0.410 e. The Kier molecular flexibility index (Phi) is 5.66. The van der Waals surface area contributed by atoms with Gasteiger partial charge in [-0.1, -0.05) is 30.3 Å². The predicted molar refractivity (Wildman–Crippen MR) is 90.4 cm³/mol. The maximum absolute atomic E-state index is 12.3. The van der Waals surface area contributed by atoms with Crippen LogP contribution in [0.25, 0.3) is 0 Å². The van der Waals surface area contributed by atoms with E-state index in [2.05, 4.69) is 9.97 Å². The quantitative estimate of drug-likeness (QED) is 0.831. The summed E-state index contributed by atoms with van der Waals surface area (Å²) in [4.78, 5) is 22.0. The number of aromatic nitrogens is 2. The third-order valence-corrected chi connectivity index (χ3v) is 3.92. The molecule has 1 aromatic carbocycles. The summed E-state index contributed by atoms with van der Waals surface area (Å²) in [6.07, 6.45) is 2.84. The Morgan fingerprint density at radius 2 is 2.12 bits per heavy atom. The molecule has 132 valence electrons. The molecule has 0 aliphatic carbocycles. The van der Waals surface area contributed by atoms with Gasteiger partial charge < -0.3 is 19.1 Å². The zero-order valence-corrected chi connectivity index (χ0v) is 14.1. The Hall–Kier alpha value is -2.83. The van der Waals surface area contributed by atoms with Gasteiger partial charge in [0.05, 0.1) is 13.7 Å². The monoisotopic (exact) mass is 343 g/mol. The Balaban J connectivity index is 1.52. The first-order chi connectivity index (χ1) is 12.2. The van der Waals surface area contributed by atoms with Gasteiger partial charge in [0.2, 0.25) is 5.88 Å². The van der Waals surface area contributed by atoms with Crippen LogP contribution in [0.4, 0.5) is 4.79 Å². The van der Waals surface area contributed by atoms with Crippen LogP contribution in [0.2, 0.25) is 0 Å². The number of likely N-dealkylation sites (tertiary alicyclic amines) is 1. The smallest absolute Gasteiger partial charge is 0.410 e. The molecular weight excluding hydrogens is 322 g/mol. The Labute approximate surface area is 146 Å². The Morgan fingerprint density at radius 3 is 2.92 bits per heavy atom. The molecule has 0 bridgehead atoms. The molecule has 1 aliphatic heterocycles. The van der Waals surface area contributed by atoms with E-state index in [9.17, 15) is 4.79 Å². The standard InChI is InChI=1S/C18H21N3O4/c1-23-17-19-10-9-16(20-17)25-15-8-5-11-21(12-15)18(22)24-13-14-6-3-2-4-7-14/h2-4,6-7,9-10,15H,5,8,11-13H2,1H3. The summed E-state index contributed by atoms with van der Waals surface area (Å²) in [7, 11) is 1.50. The fourth-order valence-corrected chi connectivity index (χ4v) is 2.67. The van der Waals surface area contributed by atoms with Gasteiger partial charge in [0, 0.05) is 18.8 Å². The topological polar surface area (TPSA) is 73.8 Å². The lowest BCUT2D eigenvalue weighted by molar-refractivity contribution is 0.0533. The van der Waals surface area contributed by atoms with Crippen LogP contribution < -0.4 is 9.47 Å². The van der Waals surface area contributed by atoms with E-state index >= 15 is 0 Å². The summed E-state index contributed by atoms with van der Waals surface area (Å²) in [6, 6.07) is 11.6. The van der Waals surface area contributed by atoms with Crippen molar-refractivity contribution < 1.29 is 19.0 Å². The highest BCUT2D eigenvalue weighted by atomic mass is 16.6. The molecule has 0 N–H and O–H groups in total. The molecule has 0 saturated carbocycles. The van der Waals surface area contributed by atoms with E-state index in [1.807, 2.05) is 30.3 Å². The largest absolute Gasteiger partial charge is 0.472 e. The first kappa shape index (κ1) is 17.0. The first-order valence-corrected chi connectivity index (χ1v) is 8.24. The molecule has 1 aliphatic rings. The molecule has 1 saturated heterocycles. The Morgan fingerprint density at radius 1 is 1.28 bits per heavy atom. The fourth-order valence-electron chi connectivity index (χ4n) is 2.67. The zero-order chi connectivity index (χ0) is 17.5. The lowest BCUT2D eigenvalue weighted by Gasteiger charge is -2.31. The van der Waals surface area contributed by atoms with E-state index in [0.29, 0.717) is 19.0 Å². The molecule has 2 aromatic rings. The number of hydrogen-bond donors (Lipinski definition) is 0. The third-order valence-electron chi connectivity index (χ3n) is 3.92. The number of amides is 1. The van der Waals surface area contributed by atoms with Crippen molar-refractivity contribution in [3.8, 4) is 11.9 Å². The van der Waals surface area contributed by atoms with Gasteiger partial charge in [-0.3, -0.25) is 0 Å². The number of benzene rings is 1. The van der Waals surface area contributed by atoms with E-state index in [0.717, 1.165) is 18.4 Å². The molecule has 0 radical (unpaired) electrons. The average molecular weight is 343 g/mol. The zero-order valence-electron chi connectivity index (χ0n) is 14.1. The second-order valence-corrected chi connectivity index (χ2v) is 5.75. The van der Waals surface area contributed by atoms with Crippen LogP contribution in [-0.4, -0.2) is 47.3 Å². The molecular formula is C18H21N3O4. The van der Waals surface area contributed by atoms with Gasteiger partial charge in [0.25, 0.3) is 0 Å². The summed E-state index contributed by atoms with van der Waals surface area (Å²) in [6.45, 7) is 1.41. The highest BCUT2D eigenvalue weighted by Gasteiger charge is 2.26. The summed E-state index contributed by atoms with van der Waals surface area (Å²) in [5.41, 5.74) is 0.966. The van der Waals surface area contributed by atoms with Gasteiger partial charge in [-0.15, -0.1) is 0 Å². The van der Waals surface area contributed by atoms with Crippen LogP contribution >= 0.6 is 0 Å². The number of carbonyl (C=O) groups excluding carboxylic acids is 1. The van der Waals surface area contributed by atoms with Gasteiger partial charge >= 0.3 is 12.1 Å². The van der Waals surface area contributed by atoms with Gasteiger partial charge in [-0.25, -0.2) is 9.78 Å². The SMILES string of the molecule is COc1nccc(OC2CCCN(C(=O)OCc3ccccc3)C2)n1. The van der Waals surface area contributed by atoms with Crippen LogP contribution in [0.15, 0.2) is 42.6 Å². The molecule has 1 atom stereocenters. The molecule has 0 spiro atoms. The van der Waals surface area contributed by atoms with E-state index in [-0.39, 0.29) is 24.8 Å². The van der Waals surface area contributed by atoms with Crippen molar-refractivity contribution in [3.05, 3.63) is 48.2 Å². The number of piperidine rings is 1. The second kappa shape index (κ2) is 8.32. The van der Waals surface area contributed by atoms with Crippen molar-refractivity contribution in [2.75, 3.05) is 20.2 Å². The van der Waals surface area contributed by atoms with E-state index in [4.69, 9.17) is 14.2 Å². The van der Waals surface area contributed by atoms with E-state index < -0.39 is 0 Å². The molecule has 1 fully saturated rings. The molecule has 1 aromatic heterocycles. The molecule has 7 heteroatoms. The normalized spacial score (nSPS) is 17.0. The highest BCUT2D eigenvalue weighted by Crippen LogP contribution is 2.18. The molecule has 25 heavy (non-hydrogen) atoms. The van der Waals surface area contributed by atoms with Crippen LogP contribution in [-0.2, 0) is 11.3 Å². The van der Waals surface area contributed by atoms with Crippen LogP contribution in [0, 0.1) is 0 Å². The molecule has 7 nitrogen and oxygen atoms in total. The van der Waals surface area contributed by atoms with E-state index in [1.54, 1.807) is 17.2 Å². The number of nitrogens with zero attached hydrogens (tertiary/aromatic N) is 3. The minimum Gasteiger partial charge on any atom is -0.472 e. The maximum atomic E-state index is 12.3. The number of methoxy groups -OCH3 is 1. The van der Waals surface area contributed by atoms with Crippen molar-refractivity contribution in [1.29, 1.82) is 0 Å². The average Bonchev–Trinajstić information content (AvgIpc) is 2.67. The molecule has 1 amide bonds. The van der Waals surface area contributed by atoms with Crippen molar-refractivity contribution in [1.82, 2.24) is 14.9 Å². The minimum absolute atomic E-state index is 0.127. The Bertz CT molecular complexity index is 696. The van der Waals surface area contributed by atoms with Gasteiger partial charge in [-0.2, -0.15) is 4.98 Å². The summed E-state index contributed by atoms with van der Waals surface area (Å²) >= 11 is 0. The molecule has 1 unspecified atom stereocenters. The number of rotatable bonds is 5. The summed E-state index contributed by atoms with van der Waals surface area (Å²) in [5, 5.41) is 0. The van der Waals surface area contributed by atoms with Crippen LogP contribution in [0.5, 0.6) is 11.9 Å². The minimum atomic E-state index is -0.322. The van der Waals surface area contributed by atoms with Crippen LogP contribution in [0.3, 0.4) is 0 Å². The van der Waals surface area contributed by atoms with Crippen molar-refractivity contribution >= 4 is 6.09 Å². The highest BCUT2D eigenvalue weighted by molar-refractivity contribution is 5.67. The lowest BCUT2D eigenvalue weighted by Crippen LogP contribution is -2.44. The first-order valence-electron chi connectivity index (χ1n) is 8.24. The lowest BCUT2D eigenvalue weighted by atomic mass is 10.1. The van der Waals surface area contributed by atoms with Gasteiger partial charge in [0.1, 0.15) is 12.7 Å². The number of hydrogen-bond acceptors (Lipinski definition) is 6. The third kappa shape index (κ3) is 4.82. The fraction of sp³-hybridized carbons (Fsp3) is 0.389. The van der Waals surface area contributed by atoms with Gasteiger partial charge in [-0.05, 0) is 18.4 Å². The second-order valence-electron chi connectivity index (χ2n) is 5.75. The van der Waals surface area contributed by atoms with Crippen molar-refractivity contribution in [2.45, 2.75) is 25.6 Å². The molecule has 2 heterocycles. The van der Waals surface area contributed by atoms with Crippen LogP contribution in [0.1, 0.15) is 18.4 Å². The van der Waals surface area contributed by atoms with Gasteiger partial charge in [0.15, 0.2) is 0 Å². The van der Waals surface area contributed by atoms with E-state index in [1.165, 1.54) is 7.11 Å². The predicted octanol–water partition coefficient (Wildman–Crippen LogP) is 2.67. The van der Waals surface area contributed by atoms with Crippen molar-refractivity contribution in [2.24, 2.45) is 0 Å².